The smallest absolute Gasteiger partial charge is 0.322 e. The van der Waals surface area contributed by atoms with E-state index in [1.165, 1.54) is 16.0 Å². The summed E-state index contributed by atoms with van der Waals surface area (Å²) in [6, 6.07) is 6.16. The van der Waals surface area contributed by atoms with Gasteiger partial charge in [-0.3, -0.25) is 14.4 Å². The van der Waals surface area contributed by atoms with Crippen molar-refractivity contribution in [3.05, 3.63) is 46.2 Å². The summed E-state index contributed by atoms with van der Waals surface area (Å²) in [5, 5.41) is 20.7. The Morgan fingerprint density at radius 1 is 1.16 bits per heavy atom. The van der Waals surface area contributed by atoms with Gasteiger partial charge < -0.3 is 20.4 Å². The van der Waals surface area contributed by atoms with Gasteiger partial charge in [-0.25, -0.2) is 0 Å². The van der Waals surface area contributed by atoms with Crippen LogP contribution < -0.4 is 5.32 Å². The fourth-order valence-electron chi connectivity index (χ4n) is 3.32. The highest BCUT2D eigenvalue weighted by Crippen LogP contribution is 2.25. The van der Waals surface area contributed by atoms with Crippen LogP contribution in [-0.4, -0.2) is 46.0 Å². The Bertz CT molecular complexity index is 769. The summed E-state index contributed by atoms with van der Waals surface area (Å²) in [7, 11) is 0. The molecule has 1 aromatic carbocycles. The molecule has 1 aliphatic heterocycles. The van der Waals surface area contributed by atoms with Gasteiger partial charge in [0.25, 0.3) is 11.8 Å². The Hall–Kier alpha value is -2.83. The fraction of sp³-hybridized carbons (Fsp3) is 0.389. The monoisotopic (exact) mass is 344 g/mol. The van der Waals surface area contributed by atoms with E-state index in [1.54, 1.807) is 0 Å². The Morgan fingerprint density at radius 2 is 1.92 bits per heavy atom. The van der Waals surface area contributed by atoms with Crippen LogP contribution in [0.1, 0.15) is 29.5 Å². The number of aliphatic carboxylic acids is 1. The van der Waals surface area contributed by atoms with Crippen LogP contribution in [0.4, 0.5) is 0 Å². The first-order valence-electron chi connectivity index (χ1n) is 8.28. The van der Waals surface area contributed by atoms with Gasteiger partial charge in [0.05, 0.1) is 0 Å². The van der Waals surface area contributed by atoms with Gasteiger partial charge >= 0.3 is 5.97 Å². The number of aliphatic hydroxyl groups is 1. The predicted octanol–water partition coefficient (Wildman–Crippen LogP) is 0.921. The van der Waals surface area contributed by atoms with Gasteiger partial charge in [-0.15, -0.1) is 0 Å². The maximum atomic E-state index is 12.6. The van der Waals surface area contributed by atoms with Crippen molar-refractivity contribution in [2.24, 2.45) is 0 Å². The van der Waals surface area contributed by atoms with E-state index in [1.807, 2.05) is 6.07 Å². The zero-order valence-electron chi connectivity index (χ0n) is 13.7. The molecule has 2 aliphatic rings. The van der Waals surface area contributed by atoms with Gasteiger partial charge in [-0.05, 0) is 36.0 Å². The summed E-state index contributed by atoms with van der Waals surface area (Å²) < 4.78 is 0. The van der Waals surface area contributed by atoms with Crippen molar-refractivity contribution >= 4 is 17.8 Å². The molecule has 7 nitrogen and oxygen atoms in total. The highest BCUT2D eigenvalue weighted by Gasteiger charge is 2.32. The Morgan fingerprint density at radius 3 is 2.68 bits per heavy atom. The number of carbonyl (C=O) groups is 3. The molecule has 0 saturated carbocycles. The third-order valence-corrected chi connectivity index (χ3v) is 4.57. The second-order valence-corrected chi connectivity index (χ2v) is 6.33. The molecule has 0 radical (unpaired) electrons. The molecule has 0 fully saturated rings. The van der Waals surface area contributed by atoms with Gasteiger partial charge in [0.1, 0.15) is 17.9 Å². The molecule has 0 aromatic heterocycles. The lowest BCUT2D eigenvalue weighted by Gasteiger charge is -2.28. The lowest BCUT2D eigenvalue weighted by molar-refractivity contribution is -0.138. The van der Waals surface area contributed by atoms with E-state index in [-0.39, 0.29) is 17.8 Å². The molecule has 0 unspecified atom stereocenters. The highest BCUT2D eigenvalue weighted by molar-refractivity contribution is 6.19. The second kappa shape index (κ2) is 6.96. The number of hydrogen-bond donors (Lipinski definition) is 3. The molecular weight excluding hydrogens is 324 g/mol. The van der Waals surface area contributed by atoms with Gasteiger partial charge in [0.2, 0.25) is 0 Å². The van der Waals surface area contributed by atoms with E-state index in [0.717, 1.165) is 24.8 Å². The number of nitrogens with zero attached hydrogens (tertiary/aromatic N) is 1. The van der Waals surface area contributed by atoms with Gasteiger partial charge in [-0.1, -0.05) is 18.2 Å². The third kappa shape index (κ3) is 3.65. The molecule has 0 saturated heterocycles. The number of carbonyl (C=O) groups excluding carboxylic acids is 2. The number of nitrogens with one attached hydrogen (secondary N) is 1. The number of hydrogen-bond acceptors (Lipinski definition) is 4. The van der Waals surface area contributed by atoms with Gasteiger partial charge in [0, 0.05) is 19.5 Å². The Kier molecular flexibility index (Phi) is 4.74. The number of carboxylic acids is 1. The van der Waals surface area contributed by atoms with Crippen molar-refractivity contribution in [2.45, 2.75) is 32.2 Å². The van der Waals surface area contributed by atoms with E-state index < -0.39 is 24.3 Å². The maximum Gasteiger partial charge on any atom is 0.322 e. The zero-order chi connectivity index (χ0) is 18.0. The van der Waals surface area contributed by atoms with Crippen LogP contribution in [0.25, 0.3) is 0 Å². The molecule has 132 valence electrons. The van der Waals surface area contributed by atoms with Crippen molar-refractivity contribution in [1.82, 2.24) is 10.2 Å². The summed E-state index contributed by atoms with van der Waals surface area (Å²) in [5.74, 6) is -2.94. The van der Waals surface area contributed by atoms with Crippen LogP contribution in [-0.2, 0) is 33.8 Å². The van der Waals surface area contributed by atoms with Crippen LogP contribution in [0.2, 0.25) is 0 Å². The normalized spacial score (nSPS) is 16.8. The Labute approximate surface area is 144 Å². The van der Waals surface area contributed by atoms with Gasteiger partial charge in [0.15, 0.2) is 0 Å². The van der Waals surface area contributed by atoms with Crippen molar-refractivity contribution in [2.75, 3.05) is 13.1 Å². The zero-order valence-corrected chi connectivity index (χ0v) is 13.7. The van der Waals surface area contributed by atoms with Crippen LogP contribution in [0.5, 0.6) is 0 Å². The number of fused-ring (bicyclic) bond motifs is 1. The first-order chi connectivity index (χ1) is 12.0. The number of benzene rings is 1. The minimum atomic E-state index is -1.22. The highest BCUT2D eigenvalue weighted by atomic mass is 16.4. The SMILES string of the molecule is O=C(O)CNC(=O)C1=C(O)CCN(Cc2ccc3c(c2)CCC3)C1=O. The average molecular weight is 344 g/mol. The average Bonchev–Trinajstić information content (AvgIpc) is 3.03. The van der Waals surface area contributed by atoms with E-state index in [0.29, 0.717) is 13.1 Å². The minimum Gasteiger partial charge on any atom is -0.511 e. The largest absolute Gasteiger partial charge is 0.511 e. The van der Waals surface area contributed by atoms with Gasteiger partial charge in [-0.2, -0.15) is 0 Å². The quantitative estimate of drug-likeness (QED) is 0.689. The summed E-state index contributed by atoms with van der Waals surface area (Å²) in [6.07, 6.45) is 3.45. The fourth-order valence-corrected chi connectivity index (χ4v) is 3.32. The minimum absolute atomic E-state index is 0.173. The molecule has 2 amide bonds. The summed E-state index contributed by atoms with van der Waals surface area (Å²) >= 11 is 0. The predicted molar refractivity (Wildman–Crippen MR) is 88.8 cm³/mol. The molecule has 0 atom stereocenters. The number of amides is 2. The summed E-state index contributed by atoms with van der Waals surface area (Å²) in [4.78, 5) is 36.7. The van der Waals surface area contributed by atoms with Crippen molar-refractivity contribution in [3.63, 3.8) is 0 Å². The Balaban J connectivity index is 1.73. The number of carboxylic acid groups (broad SMARTS) is 1. The molecule has 25 heavy (non-hydrogen) atoms. The molecule has 0 bridgehead atoms. The van der Waals surface area contributed by atoms with Crippen LogP contribution in [0.15, 0.2) is 29.5 Å². The van der Waals surface area contributed by atoms with Crippen LogP contribution >= 0.6 is 0 Å². The first kappa shape index (κ1) is 17.0. The summed E-state index contributed by atoms with van der Waals surface area (Å²) in [5.41, 5.74) is 3.27. The van der Waals surface area contributed by atoms with Crippen molar-refractivity contribution in [1.29, 1.82) is 0 Å². The number of aliphatic hydroxyl groups excluding tert-OH is 1. The first-order valence-corrected chi connectivity index (χ1v) is 8.28. The molecule has 1 heterocycles. The molecule has 3 rings (SSSR count). The molecule has 1 aromatic rings. The second-order valence-electron chi connectivity index (χ2n) is 6.33. The number of aryl methyl sites for hydroxylation is 2. The van der Waals surface area contributed by atoms with E-state index >= 15 is 0 Å². The topological polar surface area (TPSA) is 107 Å². The third-order valence-electron chi connectivity index (χ3n) is 4.57. The summed E-state index contributed by atoms with van der Waals surface area (Å²) in [6.45, 7) is 0.0697. The van der Waals surface area contributed by atoms with Crippen LogP contribution in [0.3, 0.4) is 0 Å². The molecule has 0 spiro atoms. The molecule has 3 N–H and O–H groups in total. The van der Waals surface area contributed by atoms with Crippen molar-refractivity contribution < 1.29 is 24.6 Å². The maximum absolute atomic E-state index is 12.6. The van der Waals surface area contributed by atoms with E-state index in [4.69, 9.17) is 5.11 Å². The lowest BCUT2D eigenvalue weighted by atomic mass is 10.0. The van der Waals surface area contributed by atoms with E-state index in [2.05, 4.69) is 17.4 Å². The van der Waals surface area contributed by atoms with Crippen molar-refractivity contribution in [3.8, 4) is 0 Å². The van der Waals surface area contributed by atoms with Crippen LogP contribution in [0, 0.1) is 0 Å². The molecule has 7 heteroatoms. The number of rotatable bonds is 5. The van der Waals surface area contributed by atoms with E-state index in [9.17, 15) is 19.5 Å². The molecule has 1 aliphatic carbocycles. The lowest BCUT2D eigenvalue weighted by Crippen LogP contribution is -2.43. The standard InChI is InChI=1S/C18H20N2O5/c21-14-6-7-20(18(25)16(14)17(24)19-9-15(22)23)10-11-4-5-12-2-1-3-13(12)8-11/h4-5,8,21H,1-3,6-7,9-10H2,(H,19,24)(H,22,23). The molecular formula is C18H20N2O5.